The second-order valence-electron chi connectivity index (χ2n) is 3.33. The van der Waals surface area contributed by atoms with Crippen molar-refractivity contribution in [1.82, 2.24) is 15.0 Å². The Morgan fingerprint density at radius 3 is 2.56 bits per heavy atom. The molecule has 2 aromatic rings. The molecule has 0 aliphatic rings. The average molecular weight is 282 g/mol. The molecular formula is C11H12ClN5S. The van der Waals surface area contributed by atoms with E-state index in [9.17, 15) is 0 Å². The summed E-state index contributed by atoms with van der Waals surface area (Å²) < 4.78 is 0. The fourth-order valence-electron chi connectivity index (χ4n) is 1.39. The molecule has 5 nitrogen and oxygen atoms in total. The molecule has 0 spiro atoms. The van der Waals surface area contributed by atoms with E-state index in [0.717, 1.165) is 10.6 Å². The van der Waals surface area contributed by atoms with Gasteiger partial charge in [-0.25, -0.2) is 0 Å². The summed E-state index contributed by atoms with van der Waals surface area (Å²) >= 11 is 7.47. The Hall–Kier alpha value is -1.53. The van der Waals surface area contributed by atoms with Crippen molar-refractivity contribution in [3.05, 3.63) is 29.5 Å². The van der Waals surface area contributed by atoms with Crippen LogP contribution < -0.4 is 10.6 Å². The lowest BCUT2D eigenvalue weighted by Gasteiger charge is -2.09. The van der Waals surface area contributed by atoms with Gasteiger partial charge >= 0.3 is 0 Å². The molecule has 0 atom stereocenters. The lowest BCUT2D eigenvalue weighted by atomic mass is 10.3. The molecule has 0 saturated heterocycles. The molecule has 18 heavy (non-hydrogen) atoms. The molecule has 0 aliphatic carbocycles. The van der Waals surface area contributed by atoms with E-state index in [1.54, 1.807) is 18.8 Å². The van der Waals surface area contributed by atoms with Gasteiger partial charge in [-0.1, -0.05) is 12.1 Å². The summed E-state index contributed by atoms with van der Waals surface area (Å²) in [5, 5.41) is 6.11. The standard InChI is InChI=1S/C11H12ClN5S/c1-13-10-15-9(12)16-11(17-10)14-7-5-3-4-6-8(7)18-2/h3-6H,1-2H3,(H2,13,14,15,16,17). The largest absolute Gasteiger partial charge is 0.357 e. The van der Waals surface area contributed by atoms with Gasteiger partial charge in [0.2, 0.25) is 17.2 Å². The maximum absolute atomic E-state index is 5.82. The lowest BCUT2D eigenvalue weighted by molar-refractivity contribution is 1.05. The fourth-order valence-corrected chi connectivity index (χ4v) is 2.10. The average Bonchev–Trinajstić information content (AvgIpc) is 2.38. The van der Waals surface area contributed by atoms with Crippen LogP contribution in [0.25, 0.3) is 0 Å². The molecule has 0 bridgehead atoms. The van der Waals surface area contributed by atoms with Crippen molar-refractivity contribution in [1.29, 1.82) is 0 Å². The van der Waals surface area contributed by atoms with Crippen LogP contribution in [-0.2, 0) is 0 Å². The number of rotatable bonds is 4. The van der Waals surface area contributed by atoms with Crippen LogP contribution in [0.4, 0.5) is 17.6 Å². The number of nitrogens with one attached hydrogen (secondary N) is 2. The molecule has 0 radical (unpaired) electrons. The summed E-state index contributed by atoms with van der Waals surface area (Å²) in [5.74, 6) is 0.847. The molecule has 7 heteroatoms. The summed E-state index contributed by atoms with van der Waals surface area (Å²) in [7, 11) is 1.73. The number of anilines is 3. The van der Waals surface area contributed by atoms with Crippen molar-refractivity contribution in [2.75, 3.05) is 23.9 Å². The summed E-state index contributed by atoms with van der Waals surface area (Å²) in [5.41, 5.74) is 0.939. The number of thioether (sulfide) groups is 1. The third-order valence-electron chi connectivity index (χ3n) is 2.19. The quantitative estimate of drug-likeness (QED) is 0.840. The van der Waals surface area contributed by atoms with E-state index in [-0.39, 0.29) is 5.28 Å². The highest BCUT2D eigenvalue weighted by Crippen LogP contribution is 2.26. The van der Waals surface area contributed by atoms with Crippen molar-refractivity contribution in [2.45, 2.75) is 4.90 Å². The zero-order valence-electron chi connectivity index (χ0n) is 9.94. The topological polar surface area (TPSA) is 62.7 Å². The second kappa shape index (κ2) is 5.88. The number of aromatic nitrogens is 3. The van der Waals surface area contributed by atoms with Crippen LogP contribution in [0.1, 0.15) is 0 Å². The number of halogens is 1. The Bertz CT molecular complexity index is 549. The number of hydrogen-bond acceptors (Lipinski definition) is 6. The molecule has 2 rings (SSSR count). The Kier molecular flexibility index (Phi) is 4.22. The van der Waals surface area contributed by atoms with E-state index in [1.165, 1.54) is 0 Å². The zero-order chi connectivity index (χ0) is 13.0. The van der Waals surface area contributed by atoms with Crippen LogP contribution in [0, 0.1) is 0 Å². The first-order valence-electron chi connectivity index (χ1n) is 5.22. The molecular weight excluding hydrogens is 270 g/mol. The molecule has 0 amide bonds. The van der Waals surface area contributed by atoms with Gasteiger partial charge in [-0.15, -0.1) is 11.8 Å². The van der Waals surface area contributed by atoms with Crippen molar-refractivity contribution in [2.24, 2.45) is 0 Å². The van der Waals surface area contributed by atoms with E-state index >= 15 is 0 Å². The van der Waals surface area contributed by atoms with Crippen molar-refractivity contribution in [3.8, 4) is 0 Å². The molecule has 0 saturated carbocycles. The van der Waals surface area contributed by atoms with Gasteiger partial charge in [0.05, 0.1) is 5.69 Å². The minimum atomic E-state index is 0.151. The molecule has 0 fully saturated rings. The monoisotopic (exact) mass is 281 g/mol. The minimum absolute atomic E-state index is 0.151. The van der Waals surface area contributed by atoms with Gasteiger partial charge in [0.25, 0.3) is 0 Å². The van der Waals surface area contributed by atoms with Crippen molar-refractivity contribution < 1.29 is 0 Å². The van der Waals surface area contributed by atoms with Crippen molar-refractivity contribution in [3.63, 3.8) is 0 Å². The Balaban J connectivity index is 2.30. The molecule has 1 aromatic heterocycles. The van der Waals surface area contributed by atoms with Crippen LogP contribution >= 0.6 is 23.4 Å². The van der Waals surface area contributed by atoms with Crippen molar-refractivity contribution >= 4 is 40.9 Å². The summed E-state index contributed by atoms with van der Waals surface area (Å²) in [6.45, 7) is 0. The third kappa shape index (κ3) is 3.02. The predicted octanol–water partition coefficient (Wildman–Crippen LogP) is 3.03. The fraction of sp³-hybridized carbons (Fsp3) is 0.182. The molecule has 1 heterocycles. The van der Waals surface area contributed by atoms with Gasteiger partial charge in [-0.3, -0.25) is 0 Å². The molecule has 2 N–H and O–H groups in total. The highest BCUT2D eigenvalue weighted by molar-refractivity contribution is 7.98. The van der Waals surface area contributed by atoms with E-state index in [1.807, 2.05) is 30.5 Å². The van der Waals surface area contributed by atoms with Crippen LogP contribution in [0.15, 0.2) is 29.2 Å². The second-order valence-corrected chi connectivity index (χ2v) is 4.51. The maximum atomic E-state index is 5.82. The van der Waals surface area contributed by atoms with Crippen LogP contribution in [-0.4, -0.2) is 28.3 Å². The minimum Gasteiger partial charge on any atom is -0.357 e. The lowest BCUT2D eigenvalue weighted by Crippen LogP contribution is -2.04. The number of nitrogens with zero attached hydrogens (tertiary/aromatic N) is 3. The van der Waals surface area contributed by atoms with E-state index in [4.69, 9.17) is 11.6 Å². The van der Waals surface area contributed by atoms with Crippen LogP contribution in [0.5, 0.6) is 0 Å². The highest BCUT2D eigenvalue weighted by Gasteiger charge is 2.06. The summed E-state index contributed by atoms with van der Waals surface area (Å²) in [6.07, 6.45) is 2.01. The van der Waals surface area contributed by atoms with Gasteiger partial charge < -0.3 is 10.6 Å². The number of para-hydroxylation sites is 1. The first-order chi connectivity index (χ1) is 8.72. The SMILES string of the molecule is CNc1nc(Cl)nc(Nc2ccccc2SC)n1. The van der Waals surface area contributed by atoms with Gasteiger partial charge in [-0.05, 0) is 30.0 Å². The van der Waals surface area contributed by atoms with Gasteiger partial charge in [0, 0.05) is 11.9 Å². The number of benzene rings is 1. The van der Waals surface area contributed by atoms with Gasteiger partial charge in [0.15, 0.2) is 0 Å². The van der Waals surface area contributed by atoms with E-state index in [0.29, 0.717) is 11.9 Å². The van der Waals surface area contributed by atoms with E-state index in [2.05, 4.69) is 25.6 Å². The summed E-state index contributed by atoms with van der Waals surface area (Å²) in [4.78, 5) is 13.3. The summed E-state index contributed by atoms with van der Waals surface area (Å²) in [6, 6.07) is 7.91. The first kappa shape index (κ1) is 12.9. The number of hydrogen-bond donors (Lipinski definition) is 2. The van der Waals surface area contributed by atoms with Gasteiger partial charge in [-0.2, -0.15) is 15.0 Å². The highest BCUT2D eigenvalue weighted by atomic mass is 35.5. The van der Waals surface area contributed by atoms with Crippen LogP contribution in [0.2, 0.25) is 5.28 Å². The maximum Gasteiger partial charge on any atom is 0.233 e. The Morgan fingerprint density at radius 2 is 1.83 bits per heavy atom. The van der Waals surface area contributed by atoms with E-state index < -0.39 is 0 Å². The molecule has 94 valence electrons. The molecule has 0 aliphatic heterocycles. The normalized spacial score (nSPS) is 10.2. The Morgan fingerprint density at radius 1 is 1.11 bits per heavy atom. The van der Waals surface area contributed by atoms with Crippen LogP contribution in [0.3, 0.4) is 0 Å². The van der Waals surface area contributed by atoms with Gasteiger partial charge in [0.1, 0.15) is 0 Å². The Labute approximate surface area is 114 Å². The zero-order valence-corrected chi connectivity index (χ0v) is 11.5. The predicted molar refractivity (Wildman–Crippen MR) is 75.9 cm³/mol. The molecule has 0 unspecified atom stereocenters. The first-order valence-corrected chi connectivity index (χ1v) is 6.82. The third-order valence-corrected chi connectivity index (χ3v) is 3.15. The molecule has 1 aromatic carbocycles. The smallest absolute Gasteiger partial charge is 0.233 e.